The van der Waals surface area contributed by atoms with Crippen LogP contribution in [0.1, 0.15) is 24.8 Å². The summed E-state index contributed by atoms with van der Waals surface area (Å²) in [5.74, 6) is 0.567. The summed E-state index contributed by atoms with van der Waals surface area (Å²) in [5, 5.41) is 0. The molecule has 2 aromatic carbocycles. The van der Waals surface area contributed by atoms with Crippen molar-refractivity contribution >= 4 is 21.6 Å². The van der Waals surface area contributed by atoms with E-state index in [2.05, 4.69) is 16.8 Å². The normalized spacial score (nSPS) is 21.5. The van der Waals surface area contributed by atoms with Gasteiger partial charge >= 0.3 is 0 Å². The van der Waals surface area contributed by atoms with E-state index in [9.17, 15) is 13.2 Å². The Bertz CT molecular complexity index is 1220. The molecular formula is C29H40N4O5S. The number of aryl methyl sites for hydroxylation is 1. The molecule has 0 N–H and O–H groups in total. The fraction of sp³-hybridized carbons (Fsp3) is 0.552. The molecule has 1 unspecified atom stereocenters. The molecule has 3 heterocycles. The first-order valence-corrected chi connectivity index (χ1v) is 15.4. The van der Waals surface area contributed by atoms with E-state index in [0.717, 1.165) is 38.2 Å². The largest absolute Gasteiger partial charge is 0.497 e. The second-order valence-electron chi connectivity index (χ2n) is 10.8. The number of nitrogens with zero attached hydrogens (tertiary/aromatic N) is 4. The standard InChI is InChI=1S/C29H40N4O5S/c1-30-15-13-24(14-16-30)31-17-19-32(20-18-31)29(34)22-38-21-25-8-7-23-5-3-4-6-28(23)33(25)39(35,36)27-11-9-26(37-2)10-12-27/h3-6,9-12,24-25H,7-8,13-22H2,1-2H3. The van der Waals surface area contributed by atoms with Crippen molar-refractivity contribution in [2.75, 3.05) is 70.9 Å². The molecule has 3 aliphatic heterocycles. The molecule has 5 rings (SSSR count). The molecule has 10 heteroatoms. The summed E-state index contributed by atoms with van der Waals surface area (Å²) in [4.78, 5) is 19.9. The fourth-order valence-electron chi connectivity index (χ4n) is 5.98. The van der Waals surface area contributed by atoms with Crippen LogP contribution in [0.2, 0.25) is 0 Å². The highest BCUT2D eigenvalue weighted by atomic mass is 32.2. The number of carbonyl (C=O) groups is 1. The van der Waals surface area contributed by atoms with Gasteiger partial charge in [-0.1, -0.05) is 18.2 Å². The zero-order chi connectivity index (χ0) is 27.4. The van der Waals surface area contributed by atoms with E-state index in [1.165, 1.54) is 17.1 Å². The van der Waals surface area contributed by atoms with E-state index < -0.39 is 16.1 Å². The minimum absolute atomic E-state index is 0.0289. The third kappa shape index (κ3) is 6.24. The number of benzene rings is 2. The van der Waals surface area contributed by atoms with Gasteiger partial charge in [-0.3, -0.25) is 14.0 Å². The number of carbonyl (C=O) groups excluding carboxylic acids is 1. The van der Waals surface area contributed by atoms with Gasteiger partial charge in [-0.05, 0) is 81.7 Å². The molecule has 2 saturated heterocycles. The van der Waals surface area contributed by atoms with Gasteiger partial charge in [0, 0.05) is 32.2 Å². The van der Waals surface area contributed by atoms with Crippen LogP contribution in [-0.2, 0) is 26.0 Å². The van der Waals surface area contributed by atoms with Crippen molar-refractivity contribution in [3.8, 4) is 5.75 Å². The number of piperazine rings is 1. The summed E-state index contributed by atoms with van der Waals surface area (Å²) in [6, 6.07) is 14.2. The van der Waals surface area contributed by atoms with Crippen LogP contribution in [0.3, 0.4) is 0 Å². The number of amides is 1. The summed E-state index contributed by atoms with van der Waals surface area (Å²) in [6.07, 6.45) is 3.75. The zero-order valence-electron chi connectivity index (χ0n) is 23.0. The van der Waals surface area contributed by atoms with Gasteiger partial charge in [-0.15, -0.1) is 0 Å². The van der Waals surface area contributed by atoms with E-state index in [-0.39, 0.29) is 24.0 Å². The number of sulfonamides is 1. The van der Waals surface area contributed by atoms with Crippen LogP contribution in [0, 0.1) is 0 Å². The lowest BCUT2D eigenvalue weighted by molar-refractivity contribution is -0.138. The summed E-state index contributed by atoms with van der Waals surface area (Å²) >= 11 is 0. The first kappa shape index (κ1) is 27.9. The lowest BCUT2D eigenvalue weighted by Crippen LogP contribution is -2.54. The highest BCUT2D eigenvalue weighted by Crippen LogP contribution is 2.36. The van der Waals surface area contributed by atoms with Crippen LogP contribution in [0.5, 0.6) is 5.75 Å². The molecule has 1 amide bonds. The summed E-state index contributed by atoms with van der Waals surface area (Å²) < 4.78 is 40.3. The van der Waals surface area contributed by atoms with Crippen LogP contribution in [0.15, 0.2) is 53.4 Å². The average molecular weight is 557 g/mol. The van der Waals surface area contributed by atoms with Gasteiger partial charge in [0.25, 0.3) is 10.0 Å². The van der Waals surface area contributed by atoms with Gasteiger partial charge in [0.15, 0.2) is 0 Å². The van der Waals surface area contributed by atoms with E-state index in [1.807, 2.05) is 29.2 Å². The molecule has 0 aromatic heterocycles. The Balaban J connectivity index is 1.20. The monoisotopic (exact) mass is 556 g/mol. The second kappa shape index (κ2) is 12.2. The van der Waals surface area contributed by atoms with Crippen molar-refractivity contribution < 1.29 is 22.7 Å². The Morgan fingerprint density at radius 3 is 2.31 bits per heavy atom. The Morgan fingerprint density at radius 2 is 1.62 bits per heavy atom. The van der Waals surface area contributed by atoms with Gasteiger partial charge in [-0.25, -0.2) is 8.42 Å². The van der Waals surface area contributed by atoms with Crippen LogP contribution in [-0.4, -0.2) is 108 Å². The van der Waals surface area contributed by atoms with Crippen molar-refractivity contribution in [2.24, 2.45) is 0 Å². The average Bonchev–Trinajstić information content (AvgIpc) is 2.97. The maximum absolute atomic E-state index is 13.8. The Kier molecular flexibility index (Phi) is 8.76. The topological polar surface area (TPSA) is 82.6 Å². The Morgan fingerprint density at radius 1 is 0.923 bits per heavy atom. The number of piperidine rings is 1. The maximum Gasteiger partial charge on any atom is 0.264 e. The first-order valence-electron chi connectivity index (χ1n) is 13.9. The molecule has 0 aliphatic carbocycles. The third-order valence-corrected chi connectivity index (χ3v) is 10.2. The first-order chi connectivity index (χ1) is 18.9. The molecule has 212 valence electrons. The molecule has 2 fully saturated rings. The van der Waals surface area contributed by atoms with Gasteiger partial charge in [0.2, 0.25) is 5.91 Å². The number of likely N-dealkylation sites (tertiary alicyclic amines) is 1. The van der Waals surface area contributed by atoms with E-state index in [4.69, 9.17) is 9.47 Å². The maximum atomic E-state index is 13.8. The Hall–Kier alpha value is -2.66. The molecule has 1 atom stereocenters. The van der Waals surface area contributed by atoms with E-state index in [1.54, 1.807) is 31.4 Å². The number of rotatable bonds is 8. The molecule has 9 nitrogen and oxygen atoms in total. The minimum Gasteiger partial charge on any atom is -0.497 e. The molecule has 39 heavy (non-hydrogen) atoms. The lowest BCUT2D eigenvalue weighted by Gasteiger charge is -2.42. The van der Waals surface area contributed by atoms with Gasteiger partial charge in [0.1, 0.15) is 12.4 Å². The van der Waals surface area contributed by atoms with Crippen LogP contribution in [0.25, 0.3) is 0 Å². The minimum atomic E-state index is -3.85. The summed E-state index contributed by atoms with van der Waals surface area (Å²) in [7, 11) is -0.124. The quantitative estimate of drug-likeness (QED) is 0.494. The summed E-state index contributed by atoms with van der Waals surface area (Å²) in [6.45, 7) is 5.60. The van der Waals surface area contributed by atoms with E-state index in [0.29, 0.717) is 37.0 Å². The van der Waals surface area contributed by atoms with E-state index >= 15 is 0 Å². The number of methoxy groups -OCH3 is 1. The number of hydrogen-bond donors (Lipinski definition) is 0. The third-order valence-electron chi connectivity index (χ3n) is 8.33. The number of hydrogen-bond acceptors (Lipinski definition) is 7. The Labute approximate surface area is 232 Å². The molecule has 0 saturated carbocycles. The molecule has 0 radical (unpaired) electrons. The van der Waals surface area contributed by atoms with Gasteiger partial charge < -0.3 is 19.3 Å². The molecule has 0 spiro atoms. The molecule has 3 aliphatic rings. The highest BCUT2D eigenvalue weighted by Gasteiger charge is 2.36. The predicted octanol–water partition coefficient (Wildman–Crippen LogP) is 2.46. The lowest BCUT2D eigenvalue weighted by atomic mass is 9.98. The van der Waals surface area contributed by atoms with Crippen molar-refractivity contribution in [1.29, 1.82) is 0 Å². The van der Waals surface area contributed by atoms with Crippen LogP contribution in [0.4, 0.5) is 5.69 Å². The number of para-hydroxylation sites is 1. The second-order valence-corrected chi connectivity index (χ2v) is 12.6. The van der Waals surface area contributed by atoms with Crippen molar-refractivity contribution in [3.63, 3.8) is 0 Å². The number of fused-ring (bicyclic) bond motifs is 1. The SMILES string of the molecule is COc1ccc(S(=O)(=O)N2c3ccccc3CCC2COCC(=O)N2CCN(C3CCN(C)CC3)CC2)cc1. The fourth-order valence-corrected chi connectivity index (χ4v) is 7.68. The van der Waals surface area contributed by atoms with Crippen LogP contribution < -0.4 is 9.04 Å². The molecule has 2 aromatic rings. The van der Waals surface area contributed by atoms with Gasteiger partial charge in [-0.2, -0.15) is 0 Å². The van der Waals surface area contributed by atoms with Gasteiger partial charge in [0.05, 0.1) is 30.3 Å². The number of ether oxygens (including phenoxy) is 2. The summed E-state index contributed by atoms with van der Waals surface area (Å²) in [5.41, 5.74) is 1.66. The van der Waals surface area contributed by atoms with Crippen molar-refractivity contribution in [2.45, 2.75) is 42.7 Å². The van der Waals surface area contributed by atoms with Crippen molar-refractivity contribution in [3.05, 3.63) is 54.1 Å². The zero-order valence-corrected chi connectivity index (χ0v) is 23.8. The highest BCUT2D eigenvalue weighted by molar-refractivity contribution is 7.92. The predicted molar refractivity (Wildman–Crippen MR) is 151 cm³/mol. The van der Waals surface area contributed by atoms with Crippen LogP contribution >= 0.6 is 0 Å². The number of anilines is 1. The van der Waals surface area contributed by atoms with Crippen molar-refractivity contribution in [1.82, 2.24) is 14.7 Å². The molecular weight excluding hydrogens is 516 g/mol. The molecule has 0 bridgehead atoms. The smallest absolute Gasteiger partial charge is 0.264 e.